The van der Waals surface area contributed by atoms with Gasteiger partial charge in [0, 0.05) is 27.8 Å². The summed E-state index contributed by atoms with van der Waals surface area (Å²) in [4.78, 5) is 27.7. The fraction of sp³-hybridized carbons (Fsp3) is 0.417. The Morgan fingerprint density at radius 1 is 1.10 bits per heavy atom. The Morgan fingerprint density at radius 3 is 2.35 bits per heavy atom. The zero-order valence-corrected chi connectivity index (χ0v) is 20.8. The van der Waals surface area contributed by atoms with Crippen molar-refractivity contribution in [2.45, 2.75) is 57.0 Å². The van der Waals surface area contributed by atoms with Gasteiger partial charge >= 0.3 is 0 Å². The van der Waals surface area contributed by atoms with Crippen LogP contribution in [0.5, 0.6) is 0 Å². The molecule has 2 aromatic rings. The van der Waals surface area contributed by atoms with Crippen LogP contribution in [0.15, 0.2) is 53.0 Å². The molecule has 166 valence electrons. The van der Waals surface area contributed by atoms with Gasteiger partial charge in [-0.2, -0.15) is 0 Å². The maximum absolute atomic E-state index is 13.1. The van der Waals surface area contributed by atoms with E-state index in [1.54, 1.807) is 16.7 Å². The maximum Gasteiger partial charge on any atom is 0.242 e. The third kappa shape index (κ3) is 7.55. The summed E-state index contributed by atoms with van der Waals surface area (Å²) in [7, 11) is 0. The van der Waals surface area contributed by atoms with E-state index < -0.39 is 6.04 Å². The standard InChI is InChI=1S/C24H28BrClN2O2S/c1-17(24(30)27-22-4-2-3-5-22)28(14-18-8-12-21(26)13-9-18)23(29)16-31-15-19-6-10-20(25)11-7-19/h6-13,17,22H,2-5,14-16H2,1H3,(H,27,30)/t17-/m1/s1. The highest BCUT2D eigenvalue weighted by Gasteiger charge is 2.28. The summed E-state index contributed by atoms with van der Waals surface area (Å²) < 4.78 is 1.04. The lowest BCUT2D eigenvalue weighted by atomic mass is 10.1. The molecule has 1 aliphatic rings. The molecule has 3 rings (SSSR count). The molecule has 0 saturated heterocycles. The van der Waals surface area contributed by atoms with E-state index in [-0.39, 0.29) is 17.9 Å². The number of amides is 2. The number of hydrogen-bond acceptors (Lipinski definition) is 3. The van der Waals surface area contributed by atoms with E-state index in [9.17, 15) is 9.59 Å². The number of nitrogens with zero attached hydrogens (tertiary/aromatic N) is 1. The largest absolute Gasteiger partial charge is 0.352 e. The van der Waals surface area contributed by atoms with E-state index in [0.717, 1.165) is 47.0 Å². The van der Waals surface area contributed by atoms with Crippen molar-refractivity contribution >= 4 is 51.1 Å². The van der Waals surface area contributed by atoms with E-state index in [2.05, 4.69) is 21.2 Å². The van der Waals surface area contributed by atoms with Crippen LogP contribution < -0.4 is 5.32 Å². The van der Waals surface area contributed by atoms with Crippen molar-refractivity contribution in [1.82, 2.24) is 10.2 Å². The minimum absolute atomic E-state index is 0.0360. The van der Waals surface area contributed by atoms with Crippen molar-refractivity contribution in [1.29, 1.82) is 0 Å². The molecule has 1 fully saturated rings. The van der Waals surface area contributed by atoms with E-state index in [1.165, 1.54) is 0 Å². The molecule has 1 saturated carbocycles. The summed E-state index contributed by atoms with van der Waals surface area (Å²) >= 11 is 11.0. The molecule has 0 bridgehead atoms. The van der Waals surface area contributed by atoms with E-state index >= 15 is 0 Å². The van der Waals surface area contributed by atoms with E-state index in [4.69, 9.17) is 11.6 Å². The molecule has 1 N–H and O–H groups in total. The average Bonchev–Trinajstić information content (AvgIpc) is 3.27. The summed E-state index contributed by atoms with van der Waals surface area (Å²) in [6.07, 6.45) is 4.35. The van der Waals surface area contributed by atoms with Crippen LogP contribution >= 0.6 is 39.3 Å². The summed E-state index contributed by atoms with van der Waals surface area (Å²) in [5.41, 5.74) is 2.12. The number of halogens is 2. The van der Waals surface area contributed by atoms with Gasteiger partial charge in [-0.25, -0.2) is 0 Å². The van der Waals surface area contributed by atoms with Crippen LogP contribution in [0.4, 0.5) is 0 Å². The van der Waals surface area contributed by atoms with E-state index in [0.29, 0.717) is 17.3 Å². The second kappa shape index (κ2) is 11.9. The van der Waals surface area contributed by atoms with Crippen LogP contribution in [0.3, 0.4) is 0 Å². The lowest BCUT2D eigenvalue weighted by Crippen LogP contribution is -2.50. The van der Waals surface area contributed by atoms with Crippen LogP contribution in [0.2, 0.25) is 5.02 Å². The van der Waals surface area contributed by atoms with Crippen LogP contribution in [-0.4, -0.2) is 34.6 Å². The van der Waals surface area contributed by atoms with Gasteiger partial charge in [-0.15, -0.1) is 11.8 Å². The summed E-state index contributed by atoms with van der Waals surface area (Å²) in [5.74, 6) is 0.958. The smallest absolute Gasteiger partial charge is 0.242 e. The highest BCUT2D eigenvalue weighted by Crippen LogP contribution is 2.20. The van der Waals surface area contributed by atoms with Crippen LogP contribution in [0.1, 0.15) is 43.7 Å². The quantitative estimate of drug-likeness (QED) is 0.451. The summed E-state index contributed by atoms with van der Waals surface area (Å²) in [6.45, 7) is 2.20. The molecule has 2 amide bonds. The van der Waals surface area contributed by atoms with Crippen molar-refractivity contribution in [3.63, 3.8) is 0 Å². The topological polar surface area (TPSA) is 49.4 Å². The fourth-order valence-corrected chi connectivity index (χ4v) is 4.94. The first-order chi connectivity index (χ1) is 14.9. The first-order valence-electron chi connectivity index (χ1n) is 10.6. The fourth-order valence-electron chi connectivity index (χ4n) is 3.68. The minimum atomic E-state index is -0.531. The molecular formula is C24H28BrClN2O2S. The lowest BCUT2D eigenvalue weighted by molar-refractivity contribution is -0.138. The number of hydrogen-bond donors (Lipinski definition) is 1. The molecule has 1 atom stereocenters. The molecule has 4 nitrogen and oxygen atoms in total. The molecule has 0 radical (unpaired) electrons. The Bertz CT molecular complexity index is 870. The number of carbonyl (C=O) groups excluding carboxylic acids is 2. The third-order valence-corrected chi connectivity index (χ3v) is 7.31. The van der Waals surface area contributed by atoms with Crippen LogP contribution in [0, 0.1) is 0 Å². The Balaban J connectivity index is 1.64. The Morgan fingerprint density at radius 2 is 1.71 bits per heavy atom. The molecule has 0 aliphatic heterocycles. The summed E-state index contributed by atoms with van der Waals surface area (Å²) in [6, 6.07) is 15.2. The third-order valence-electron chi connectivity index (χ3n) is 5.54. The molecule has 2 aromatic carbocycles. The second-order valence-electron chi connectivity index (χ2n) is 7.93. The van der Waals surface area contributed by atoms with Crippen molar-refractivity contribution in [2.75, 3.05) is 5.75 Å². The summed E-state index contributed by atoms with van der Waals surface area (Å²) in [5, 5.41) is 3.78. The molecular weight excluding hydrogens is 496 g/mol. The predicted octanol–water partition coefficient (Wildman–Crippen LogP) is 5.81. The molecule has 1 aliphatic carbocycles. The molecule has 0 aromatic heterocycles. The van der Waals surface area contributed by atoms with Crippen LogP contribution in [0.25, 0.3) is 0 Å². The van der Waals surface area contributed by atoms with E-state index in [1.807, 2.05) is 55.5 Å². The highest BCUT2D eigenvalue weighted by molar-refractivity contribution is 9.10. The molecule has 0 heterocycles. The molecule has 31 heavy (non-hydrogen) atoms. The molecule has 0 spiro atoms. The van der Waals surface area contributed by atoms with Gasteiger partial charge in [0.05, 0.1) is 5.75 Å². The number of nitrogens with one attached hydrogen (secondary N) is 1. The number of rotatable bonds is 9. The number of thioether (sulfide) groups is 1. The van der Waals surface area contributed by atoms with Crippen LogP contribution in [-0.2, 0) is 21.9 Å². The second-order valence-corrected chi connectivity index (χ2v) is 10.3. The normalized spacial score (nSPS) is 14.9. The average molecular weight is 524 g/mol. The Kier molecular flexibility index (Phi) is 9.30. The Labute approximate surface area is 202 Å². The minimum Gasteiger partial charge on any atom is -0.352 e. The highest BCUT2D eigenvalue weighted by atomic mass is 79.9. The zero-order valence-electron chi connectivity index (χ0n) is 17.7. The van der Waals surface area contributed by atoms with Gasteiger partial charge in [0.2, 0.25) is 11.8 Å². The van der Waals surface area contributed by atoms with Gasteiger partial charge < -0.3 is 10.2 Å². The van der Waals surface area contributed by atoms with Gasteiger partial charge in [0.1, 0.15) is 6.04 Å². The van der Waals surface area contributed by atoms with Gasteiger partial charge in [-0.3, -0.25) is 9.59 Å². The van der Waals surface area contributed by atoms with Crippen molar-refractivity contribution in [3.8, 4) is 0 Å². The number of benzene rings is 2. The first kappa shape index (κ1) is 24.1. The number of carbonyl (C=O) groups is 2. The van der Waals surface area contributed by atoms with Gasteiger partial charge in [0.25, 0.3) is 0 Å². The van der Waals surface area contributed by atoms with Crippen molar-refractivity contribution in [2.24, 2.45) is 0 Å². The molecule has 0 unspecified atom stereocenters. The van der Waals surface area contributed by atoms with Gasteiger partial charge in [-0.1, -0.05) is 64.6 Å². The lowest BCUT2D eigenvalue weighted by Gasteiger charge is -2.29. The zero-order chi connectivity index (χ0) is 22.2. The Hall–Kier alpha value is -1.50. The van der Waals surface area contributed by atoms with Crippen molar-refractivity contribution < 1.29 is 9.59 Å². The van der Waals surface area contributed by atoms with Gasteiger partial charge in [0.15, 0.2) is 0 Å². The SMILES string of the molecule is C[C@H](C(=O)NC1CCCC1)N(Cc1ccc(Cl)cc1)C(=O)CSCc1ccc(Br)cc1. The van der Waals surface area contributed by atoms with Crippen molar-refractivity contribution in [3.05, 3.63) is 69.2 Å². The van der Waals surface area contributed by atoms with Gasteiger partial charge in [-0.05, 0) is 55.2 Å². The predicted molar refractivity (Wildman–Crippen MR) is 132 cm³/mol. The maximum atomic E-state index is 13.1. The molecule has 7 heteroatoms. The first-order valence-corrected chi connectivity index (χ1v) is 12.9. The monoisotopic (exact) mass is 522 g/mol.